The van der Waals surface area contributed by atoms with Crippen LogP contribution < -0.4 is 5.48 Å². The molecule has 1 fully saturated rings. The maximum Gasteiger partial charge on any atom is 0.245 e. The van der Waals surface area contributed by atoms with Gasteiger partial charge in [0.25, 0.3) is 0 Å². The van der Waals surface area contributed by atoms with E-state index in [4.69, 9.17) is 9.94 Å². The topological polar surface area (TPSA) is 95.9 Å². The third-order valence-electron chi connectivity index (χ3n) is 4.45. The highest BCUT2D eigenvalue weighted by Crippen LogP contribution is 2.31. The summed E-state index contributed by atoms with van der Waals surface area (Å²) in [6.45, 7) is 3.15. The predicted molar refractivity (Wildman–Crippen MR) is 98.0 cm³/mol. The Labute approximate surface area is 154 Å². The standard InChI is InChI=1S/C18H26N2O5S/c1-2-3-13-25-16-9-11-20(12-10-16)26(23,24)17(14-18(21)19-22)15-7-5-4-6-8-15/h2-8,16-17,22H,9-14H2,1H3,(H,19,21)/t17-/m1/s1. The molecule has 2 N–H and O–H groups in total. The SMILES string of the molecule is CC=CCOC1CCN(S(=O)(=O)[C@H](CC(=O)NO)c2ccccc2)CC1. The number of ether oxygens (including phenoxy) is 1. The van der Waals surface area contributed by atoms with Gasteiger partial charge < -0.3 is 4.74 Å². The van der Waals surface area contributed by atoms with Gasteiger partial charge in [-0.15, -0.1) is 0 Å². The fourth-order valence-electron chi connectivity index (χ4n) is 3.00. The summed E-state index contributed by atoms with van der Waals surface area (Å²) >= 11 is 0. The van der Waals surface area contributed by atoms with E-state index in [0.717, 1.165) is 0 Å². The molecule has 1 aromatic carbocycles. The zero-order valence-corrected chi connectivity index (χ0v) is 15.7. The van der Waals surface area contributed by atoms with Gasteiger partial charge in [0, 0.05) is 13.1 Å². The summed E-state index contributed by atoms with van der Waals surface area (Å²) in [7, 11) is -3.74. The number of piperidine rings is 1. The second-order valence-electron chi connectivity index (χ2n) is 6.18. The lowest BCUT2D eigenvalue weighted by Crippen LogP contribution is -2.43. The number of benzene rings is 1. The van der Waals surface area contributed by atoms with Crippen LogP contribution in [0.2, 0.25) is 0 Å². The van der Waals surface area contributed by atoms with E-state index < -0.39 is 21.2 Å². The Bertz CT molecular complexity index is 698. The molecule has 7 nitrogen and oxygen atoms in total. The molecular formula is C18H26N2O5S. The molecule has 1 atom stereocenters. The van der Waals surface area contributed by atoms with Gasteiger partial charge in [0.15, 0.2) is 0 Å². The van der Waals surface area contributed by atoms with Gasteiger partial charge in [-0.05, 0) is 25.3 Å². The molecule has 1 saturated heterocycles. The summed E-state index contributed by atoms with van der Waals surface area (Å²) in [5.41, 5.74) is 2.06. The minimum atomic E-state index is -3.74. The van der Waals surface area contributed by atoms with Crippen LogP contribution in [0.4, 0.5) is 0 Å². The molecule has 2 rings (SSSR count). The first-order valence-corrected chi connectivity index (χ1v) is 10.2. The highest BCUT2D eigenvalue weighted by Gasteiger charge is 2.37. The van der Waals surface area contributed by atoms with Crippen molar-refractivity contribution in [3.05, 3.63) is 48.0 Å². The van der Waals surface area contributed by atoms with Crippen LogP contribution in [0, 0.1) is 0 Å². The van der Waals surface area contributed by atoms with E-state index >= 15 is 0 Å². The molecule has 0 aromatic heterocycles. The number of hydrogen-bond donors (Lipinski definition) is 2. The zero-order valence-electron chi connectivity index (χ0n) is 14.9. The summed E-state index contributed by atoms with van der Waals surface area (Å²) in [5.74, 6) is -0.730. The first kappa shape index (κ1) is 20.6. The fourth-order valence-corrected chi connectivity index (χ4v) is 4.94. The smallest absolute Gasteiger partial charge is 0.245 e. The molecule has 1 amide bonds. The Balaban J connectivity index is 2.11. The summed E-state index contributed by atoms with van der Waals surface area (Å²) in [4.78, 5) is 11.7. The Morgan fingerprint density at radius 1 is 1.35 bits per heavy atom. The lowest BCUT2D eigenvalue weighted by Gasteiger charge is -2.33. The Morgan fingerprint density at radius 3 is 2.58 bits per heavy atom. The average molecular weight is 382 g/mol. The van der Waals surface area contributed by atoms with Gasteiger partial charge >= 0.3 is 0 Å². The number of allylic oxidation sites excluding steroid dienone is 1. The van der Waals surface area contributed by atoms with Crippen LogP contribution in [0.15, 0.2) is 42.5 Å². The number of sulfonamides is 1. The second-order valence-corrected chi connectivity index (χ2v) is 8.30. The van der Waals surface area contributed by atoms with E-state index in [1.54, 1.807) is 30.3 Å². The largest absolute Gasteiger partial charge is 0.374 e. The van der Waals surface area contributed by atoms with Gasteiger partial charge in [-0.1, -0.05) is 42.5 Å². The molecule has 1 heterocycles. The van der Waals surface area contributed by atoms with Crippen LogP contribution in [-0.2, 0) is 19.6 Å². The van der Waals surface area contributed by atoms with E-state index in [0.29, 0.717) is 38.1 Å². The number of amides is 1. The maximum absolute atomic E-state index is 13.1. The van der Waals surface area contributed by atoms with Crippen molar-refractivity contribution in [2.45, 2.75) is 37.5 Å². The molecule has 0 saturated carbocycles. The van der Waals surface area contributed by atoms with Crippen molar-refractivity contribution >= 4 is 15.9 Å². The third kappa shape index (κ3) is 5.38. The number of rotatable bonds is 8. The lowest BCUT2D eigenvalue weighted by molar-refractivity contribution is -0.129. The average Bonchev–Trinajstić information content (AvgIpc) is 2.67. The van der Waals surface area contributed by atoms with Crippen LogP contribution in [0.5, 0.6) is 0 Å². The normalized spacial score (nSPS) is 18.1. The number of hydrogen-bond acceptors (Lipinski definition) is 5. The minimum absolute atomic E-state index is 0.0357. The van der Waals surface area contributed by atoms with E-state index in [9.17, 15) is 13.2 Å². The summed E-state index contributed by atoms with van der Waals surface area (Å²) < 4.78 is 33.4. The number of carbonyl (C=O) groups excluding carboxylic acids is 1. The van der Waals surface area contributed by atoms with Crippen LogP contribution in [0.25, 0.3) is 0 Å². The molecule has 26 heavy (non-hydrogen) atoms. The molecule has 144 valence electrons. The minimum Gasteiger partial charge on any atom is -0.374 e. The summed E-state index contributed by atoms with van der Waals surface area (Å²) in [6, 6.07) is 8.61. The number of nitrogens with zero attached hydrogens (tertiary/aromatic N) is 1. The Kier molecular flexibility index (Phi) is 7.77. The van der Waals surface area contributed by atoms with Crippen molar-refractivity contribution < 1.29 is 23.2 Å². The van der Waals surface area contributed by atoms with Crippen molar-refractivity contribution in [3.8, 4) is 0 Å². The highest BCUT2D eigenvalue weighted by atomic mass is 32.2. The Morgan fingerprint density at radius 2 is 2.00 bits per heavy atom. The fraction of sp³-hybridized carbons (Fsp3) is 0.500. The van der Waals surface area contributed by atoms with Gasteiger partial charge in [-0.2, -0.15) is 0 Å². The summed E-state index contributed by atoms with van der Waals surface area (Å²) in [6.07, 6.45) is 4.77. The van der Waals surface area contributed by atoms with Gasteiger partial charge in [-0.25, -0.2) is 18.2 Å². The second kappa shape index (κ2) is 9.82. The number of nitrogens with one attached hydrogen (secondary N) is 1. The van der Waals surface area contributed by atoms with Crippen molar-refractivity contribution in [2.75, 3.05) is 19.7 Å². The van der Waals surface area contributed by atoms with Crippen LogP contribution in [0.1, 0.15) is 37.0 Å². The van der Waals surface area contributed by atoms with E-state index in [1.807, 2.05) is 19.1 Å². The molecule has 1 aromatic rings. The van der Waals surface area contributed by atoms with Gasteiger partial charge in [0.2, 0.25) is 15.9 Å². The predicted octanol–water partition coefficient (Wildman–Crippen LogP) is 2.01. The maximum atomic E-state index is 13.1. The molecule has 0 unspecified atom stereocenters. The van der Waals surface area contributed by atoms with Crippen LogP contribution in [-0.4, -0.2) is 49.6 Å². The van der Waals surface area contributed by atoms with E-state index in [-0.39, 0.29) is 12.5 Å². The molecule has 0 bridgehead atoms. The van der Waals surface area contributed by atoms with Crippen molar-refractivity contribution in [3.63, 3.8) is 0 Å². The monoisotopic (exact) mass is 382 g/mol. The molecule has 0 radical (unpaired) electrons. The molecule has 0 spiro atoms. The van der Waals surface area contributed by atoms with Crippen LogP contribution in [0.3, 0.4) is 0 Å². The number of hydroxylamine groups is 1. The third-order valence-corrected chi connectivity index (χ3v) is 6.69. The van der Waals surface area contributed by atoms with Crippen LogP contribution >= 0.6 is 0 Å². The molecule has 1 aliphatic rings. The lowest BCUT2D eigenvalue weighted by atomic mass is 10.1. The highest BCUT2D eigenvalue weighted by molar-refractivity contribution is 7.89. The first-order chi connectivity index (χ1) is 12.5. The first-order valence-electron chi connectivity index (χ1n) is 8.68. The van der Waals surface area contributed by atoms with Crippen molar-refractivity contribution in [1.82, 2.24) is 9.79 Å². The molecule has 8 heteroatoms. The quantitative estimate of drug-likeness (QED) is 0.407. The van der Waals surface area contributed by atoms with Crippen molar-refractivity contribution in [2.24, 2.45) is 0 Å². The zero-order chi connectivity index (χ0) is 19.0. The Hall–Kier alpha value is -1.74. The summed E-state index contributed by atoms with van der Waals surface area (Å²) in [5, 5.41) is 7.78. The molecule has 0 aliphatic carbocycles. The molecular weight excluding hydrogens is 356 g/mol. The molecule has 1 aliphatic heterocycles. The van der Waals surface area contributed by atoms with Gasteiger partial charge in [0.1, 0.15) is 5.25 Å². The number of carbonyl (C=O) groups is 1. The van der Waals surface area contributed by atoms with Gasteiger partial charge in [-0.3, -0.25) is 10.0 Å². The van der Waals surface area contributed by atoms with Gasteiger partial charge in [0.05, 0.1) is 19.1 Å². The van der Waals surface area contributed by atoms with E-state index in [1.165, 1.54) is 9.79 Å². The van der Waals surface area contributed by atoms with E-state index in [2.05, 4.69) is 0 Å². The van der Waals surface area contributed by atoms with Crippen molar-refractivity contribution in [1.29, 1.82) is 0 Å².